The first-order valence-electron chi connectivity index (χ1n) is 9.35. The number of ether oxygens (including phenoxy) is 4. The van der Waals surface area contributed by atoms with Gasteiger partial charge in [0.15, 0.2) is 29.1 Å². The largest absolute Gasteiger partial charge is 0.493 e. The quantitative estimate of drug-likeness (QED) is 0.647. The molecule has 4 rings (SSSR count). The van der Waals surface area contributed by atoms with Crippen LogP contribution in [-0.2, 0) is 6.54 Å². The minimum absolute atomic E-state index is 0.173. The Morgan fingerprint density at radius 2 is 1.87 bits per heavy atom. The van der Waals surface area contributed by atoms with Gasteiger partial charge in [-0.3, -0.25) is 4.68 Å². The first-order valence-corrected chi connectivity index (χ1v) is 9.35. The number of carbonyl (C=O) groups excluding carboxylic acids is 1. The summed E-state index contributed by atoms with van der Waals surface area (Å²) in [6, 6.07) is 12.3. The Bertz CT molecular complexity index is 1040. The van der Waals surface area contributed by atoms with Gasteiger partial charge in [-0.15, -0.1) is 0 Å². The molecule has 9 nitrogen and oxygen atoms in total. The van der Waals surface area contributed by atoms with E-state index in [2.05, 4.69) is 15.7 Å². The lowest BCUT2D eigenvalue weighted by atomic mass is 10.2. The third-order valence-corrected chi connectivity index (χ3v) is 4.49. The highest BCUT2D eigenvalue weighted by atomic mass is 16.6. The van der Waals surface area contributed by atoms with Crippen LogP contribution in [0.5, 0.6) is 23.0 Å². The Morgan fingerprint density at radius 3 is 2.67 bits per heavy atom. The van der Waals surface area contributed by atoms with E-state index in [-0.39, 0.29) is 6.10 Å². The van der Waals surface area contributed by atoms with Crippen molar-refractivity contribution in [1.82, 2.24) is 9.78 Å². The zero-order chi connectivity index (χ0) is 20.9. The Hall–Kier alpha value is -3.88. The molecule has 0 fully saturated rings. The average Bonchev–Trinajstić information content (AvgIpc) is 3.19. The molecule has 1 aliphatic heterocycles. The number of urea groups is 1. The SMILES string of the molecule is COc1ccc(NC(=O)Nc2cnn(CC3COc4ccccc4O3)c2)cc1OC. The lowest BCUT2D eigenvalue weighted by Crippen LogP contribution is -2.33. The second-order valence-electron chi connectivity index (χ2n) is 6.60. The molecule has 30 heavy (non-hydrogen) atoms. The van der Waals surface area contributed by atoms with Gasteiger partial charge in [0, 0.05) is 18.0 Å². The van der Waals surface area contributed by atoms with Crippen LogP contribution in [0.3, 0.4) is 0 Å². The number of methoxy groups -OCH3 is 2. The van der Waals surface area contributed by atoms with Crippen LogP contribution in [0.15, 0.2) is 54.9 Å². The topological polar surface area (TPSA) is 95.9 Å². The van der Waals surface area contributed by atoms with Crippen molar-refractivity contribution < 1.29 is 23.7 Å². The predicted octanol–water partition coefficient (Wildman–Crippen LogP) is 3.38. The maximum absolute atomic E-state index is 12.3. The number of hydrogen-bond donors (Lipinski definition) is 2. The van der Waals surface area contributed by atoms with Crippen LogP contribution >= 0.6 is 0 Å². The first kappa shape index (κ1) is 19.4. The summed E-state index contributed by atoms with van der Waals surface area (Å²) in [4.78, 5) is 12.3. The highest BCUT2D eigenvalue weighted by Crippen LogP contribution is 2.31. The molecule has 0 radical (unpaired) electrons. The Kier molecular flexibility index (Phi) is 5.60. The van der Waals surface area contributed by atoms with Crippen molar-refractivity contribution in [3.8, 4) is 23.0 Å². The van der Waals surface area contributed by atoms with E-state index in [1.165, 1.54) is 7.11 Å². The minimum atomic E-state index is -0.395. The van der Waals surface area contributed by atoms with E-state index in [4.69, 9.17) is 18.9 Å². The normalized spacial score (nSPS) is 14.7. The fourth-order valence-corrected chi connectivity index (χ4v) is 3.10. The standard InChI is InChI=1S/C21H22N4O5/c1-27-17-8-7-14(9-20(17)28-2)23-21(26)24-15-10-22-25(11-15)12-16-13-29-18-5-3-4-6-19(18)30-16/h3-11,16H,12-13H2,1-2H3,(H2,23,24,26). The van der Waals surface area contributed by atoms with Crippen LogP contribution in [0.25, 0.3) is 0 Å². The molecule has 3 aromatic rings. The molecular formula is C21H22N4O5. The van der Waals surface area contributed by atoms with Crippen LogP contribution in [0, 0.1) is 0 Å². The van der Waals surface area contributed by atoms with Crippen LogP contribution in [-0.4, -0.2) is 42.7 Å². The van der Waals surface area contributed by atoms with E-state index in [1.807, 2.05) is 24.3 Å². The van der Waals surface area contributed by atoms with Crippen molar-refractivity contribution in [1.29, 1.82) is 0 Å². The number of benzene rings is 2. The van der Waals surface area contributed by atoms with Gasteiger partial charge in [0.1, 0.15) is 6.61 Å². The van der Waals surface area contributed by atoms with Crippen LogP contribution in [0.4, 0.5) is 16.2 Å². The molecule has 2 amide bonds. The Morgan fingerprint density at radius 1 is 1.10 bits per heavy atom. The van der Waals surface area contributed by atoms with E-state index in [1.54, 1.807) is 42.4 Å². The predicted molar refractivity (Wildman–Crippen MR) is 111 cm³/mol. The average molecular weight is 410 g/mol. The van der Waals surface area contributed by atoms with Crippen molar-refractivity contribution in [3.63, 3.8) is 0 Å². The van der Waals surface area contributed by atoms with Crippen molar-refractivity contribution in [2.24, 2.45) is 0 Å². The van der Waals surface area contributed by atoms with E-state index < -0.39 is 6.03 Å². The number of carbonyl (C=O) groups is 1. The maximum atomic E-state index is 12.3. The molecule has 0 saturated carbocycles. The number of aromatic nitrogens is 2. The van der Waals surface area contributed by atoms with Gasteiger partial charge in [-0.25, -0.2) is 4.79 Å². The third-order valence-electron chi connectivity index (χ3n) is 4.49. The summed E-state index contributed by atoms with van der Waals surface area (Å²) >= 11 is 0. The van der Waals surface area contributed by atoms with Gasteiger partial charge in [-0.2, -0.15) is 5.10 Å². The molecular weight excluding hydrogens is 388 g/mol. The maximum Gasteiger partial charge on any atom is 0.323 e. The fourth-order valence-electron chi connectivity index (χ4n) is 3.10. The van der Waals surface area contributed by atoms with Crippen molar-refractivity contribution in [2.45, 2.75) is 12.6 Å². The van der Waals surface area contributed by atoms with Crippen LogP contribution < -0.4 is 29.6 Å². The molecule has 1 aromatic heterocycles. The number of fused-ring (bicyclic) bond motifs is 1. The molecule has 0 aliphatic carbocycles. The van der Waals surface area contributed by atoms with Crippen LogP contribution in [0.1, 0.15) is 0 Å². The highest BCUT2D eigenvalue weighted by Gasteiger charge is 2.21. The smallest absolute Gasteiger partial charge is 0.323 e. The number of para-hydroxylation sites is 2. The Balaban J connectivity index is 1.33. The lowest BCUT2D eigenvalue weighted by molar-refractivity contribution is 0.0759. The summed E-state index contributed by atoms with van der Waals surface area (Å²) in [5.41, 5.74) is 1.13. The molecule has 0 saturated heterocycles. The third kappa shape index (κ3) is 4.40. The van der Waals surface area contributed by atoms with Gasteiger partial charge < -0.3 is 29.6 Å². The van der Waals surface area contributed by atoms with Crippen molar-refractivity contribution >= 4 is 17.4 Å². The molecule has 2 heterocycles. The summed E-state index contributed by atoms with van der Waals surface area (Å²) < 4.78 is 23.8. The van der Waals surface area contributed by atoms with Gasteiger partial charge in [0.05, 0.1) is 32.6 Å². The molecule has 156 valence electrons. The van der Waals surface area contributed by atoms with Gasteiger partial charge in [-0.05, 0) is 24.3 Å². The molecule has 2 aromatic carbocycles. The molecule has 9 heteroatoms. The second kappa shape index (κ2) is 8.64. The second-order valence-corrected chi connectivity index (χ2v) is 6.60. The fraction of sp³-hybridized carbons (Fsp3) is 0.238. The molecule has 1 unspecified atom stereocenters. The first-order chi connectivity index (χ1) is 14.6. The molecule has 0 spiro atoms. The van der Waals surface area contributed by atoms with E-state index >= 15 is 0 Å². The number of nitrogens with one attached hydrogen (secondary N) is 2. The lowest BCUT2D eigenvalue weighted by Gasteiger charge is -2.26. The minimum Gasteiger partial charge on any atom is -0.493 e. The molecule has 2 N–H and O–H groups in total. The van der Waals surface area contributed by atoms with E-state index in [9.17, 15) is 4.79 Å². The zero-order valence-electron chi connectivity index (χ0n) is 16.6. The summed E-state index contributed by atoms with van der Waals surface area (Å²) in [6.07, 6.45) is 3.14. The van der Waals surface area contributed by atoms with Gasteiger partial charge in [0.25, 0.3) is 0 Å². The monoisotopic (exact) mass is 410 g/mol. The summed E-state index contributed by atoms with van der Waals surface area (Å²) in [7, 11) is 3.09. The van der Waals surface area contributed by atoms with Gasteiger partial charge in [0.2, 0.25) is 0 Å². The van der Waals surface area contributed by atoms with Crippen molar-refractivity contribution in [2.75, 3.05) is 31.5 Å². The number of nitrogens with zero attached hydrogens (tertiary/aromatic N) is 2. The van der Waals surface area contributed by atoms with Crippen LogP contribution in [0.2, 0.25) is 0 Å². The summed E-state index contributed by atoms with van der Waals surface area (Å²) in [6.45, 7) is 0.923. The van der Waals surface area contributed by atoms with E-state index in [0.29, 0.717) is 41.8 Å². The number of rotatable bonds is 6. The van der Waals surface area contributed by atoms with E-state index in [0.717, 1.165) is 5.75 Å². The number of amides is 2. The highest BCUT2D eigenvalue weighted by molar-refractivity contribution is 5.99. The number of anilines is 2. The molecule has 0 bridgehead atoms. The number of hydrogen-bond acceptors (Lipinski definition) is 6. The molecule has 1 aliphatic rings. The van der Waals surface area contributed by atoms with Gasteiger partial charge >= 0.3 is 6.03 Å². The van der Waals surface area contributed by atoms with Gasteiger partial charge in [-0.1, -0.05) is 12.1 Å². The summed E-state index contributed by atoms with van der Waals surface area (Å²) in [5, 5.41) is 9.78. The Labute approximate surface area is 173 Å². The molecule has 1 atom stereocenters. The van der Waals surface area contributed by atoms with Crippen molar-refractivity contribution in [3.05, 3.63) is 54.9 Å². The zero-order valence-corrected chi connectivity index (χ0v) is 16.6. The summed E-state index contributed by atoms with van der Waals surface area (Å²) in [5.74, 6) is 2.57.